The molecule has 0 fully saturated rings. The minimum atomic E-state index is 0.0123. The quantitative estimate of drug-likeness (QED) is 0.780. The lowest BCUT2D eigenvalue weighted by molar-refractivity contribution is -0.120. The van der Waals surface area contributed by atoms with E-state index in [-0.39, 0.29) is 5.91 Å². The Morgan fingerprint density at radius 1 is 1.27 bits per heavy atom. The summed E-state index contributed by atoms with van der Waals surface area (Å²) in [6.07, 6.45) is 3.82. The van der Waals surface area contributed by atoms with E-state index in [1.54, 1.807) is 35.1 Å². The van der Waals surface area contributed by atoms with Gasteiger partial charge in [0, 0.05) is 23.8 Å². The zero-order valence-corrected chi connectivity index (χ0v) is 13.7. The van der Waals surface area contributed by atoms with E-state index < -0.39 is 0 Å². The molecule has 0 aromatic carbocycles. The van der Waals surface area contributed by atoms with Crippen LogP contribution < -0.4 is 5.32 Å². The first-order valence-corrected chi connectivity index (χ1v) is 8.58. The normalized spacial score (nSPS) is 10.6. The maximum absolute atomic E-state index is 12.2. The Labute approximate surface area is 136 Å². The van der Waals surface area contributed by atoms with Crippen molar-refractivity contribution in [3.63, 3.8) is 0 Å². The molecule has 0 saturated carbocycles. The smallest absolute Gasteiger partial charge is 0.225 e. The predicted molar refractivity (Wildman–Crippen MR) is 90.0 cm³/mol. The summed E-state index contributed by atoms with van der Waals surface area (Å²) in [6.45, 7) is 2.49. The van der Waals surface area contributed by atoms with Gasteiger partial charge in [-0.3, -0.25) is 9.78 Å². The van der Waals surface area contributed by atoms with Gasteiger partial charge in [0.2, 0.25) is 5.91 Å². The largest absolute Gasteiger partial charge is 0.352 e. The number of aryl methyl sites for hydroxylation is 1. The molecular weight excluding hydrogens is 314 g/mol. The summed E-state index contributed by atoms with van der Waals surface area (Å²) in [5.74, 6) is 0.0123. The van der Waals surface area contributed by atoms with Gasteiger partial charge in [0.25, 0.3) is 0 Å². The first kappa shape index (κ1) is 14.9. The third-order valence-electron chi connectivity index (χ3n) is 3.12. The van der Waals surface area contributed by atoms with Gasteiger partial charge >= 0.3 is 0 Å². The average molecular weight is 329 g/mol. The number of carbonyl (C=O) groups excluding carboxylic acids is 1. The fourth-order valence-corrected chi connectivity index (χ4v) is 3.86. The molecule has 0 unspecified atom stereocenters. The summed E-state index contributed by atoms with van der Waals surface area (Å²) < 4.78 is 0. The van der Waals surface area contributed by atoms with Crippen molar-refractivity contribution in [2.75, 3.05) is 0 Å². The summed E-state index contributed by atoms with van der Waals surface area (Å²) >= 11 is 3.23. The molecule has 0 bridgehead atoms. The molecule has 0 atom stereocenters. The van der Waals surface area contributed by atoms with Gasteiger partial charge in [-0.05, 0) is 36.1 Å². The van der Waals surface area contributed by atoms with Crippen molar-refractivity contribution in [2.45, 2.75) is 19.9 Å². The maximum atomic E-state index is 12.2. The van der Waals surface area contributed by atoms with Crippen molar-refractivity contribution < 1.29 is 4.79 Å². The minimum absolute atomic E-state index is 0.0123. The Hall–Kier alpha value is -2.05. The van der Waals surface area contributed by atoms with Crippen molar-refractivity contribution in [2.24, 2.45) is 0 Å². The van der Waals surface area contributed by atoms with Crippen molar-refractivity contribution in [1.82, 2.24) is 15.3 Å². The minimum Gasteiger partial charge on any atom is -0.352 e. The Kier molecular flexibility index (Phi) is 4.60. The number of amides is 1. The second-order valence-corrected chi connectivity index (χ2v) is 7.03. The van der Waals surface area contributed by atoms with Gasteiger partial charge in [-0.15, -0.1) is 22.7 Å². The standard InChI is InChI=1S/C16H15N3OS2/c1-11-19-16(13-3-2-8-21-13)14(22-11)9-15(20)18-10-12-4-6-17-7-5-12/h2-8H,9-10H2,1H3,(H,18,20). The zero-order chi connectivity index (χ0) is 15.4. The maximum Gasteiger partial charge on any atom is 0.225 e. The van der Waals surface area contributed by atoms with Crippen LogP contribution in [0.2, 0.25) is 0 Å². The second-order valence-electron chi connectivity index (χ2n) is 4.79. The van der Waals surface area contributed by atoms with Crippen LogP contribution in [0.5, 0.6) is 0 Å². The highest BCUT2D eigenvalue weighted by molar-refractivity contribution is 7.15. The van der Waals surface area contributed by atoms with Gasteiger partial charge in [0.05, 0.1) is 22.0 Å². The van der Waals surface area contributed by atoms with Crippen LogP contribution in [0.25, 0.3) is 10.6 Å². The summed E-state index contributed by atoms with van der Waals surface area (Å²) in [5, 5.41) is 5.96. The Balaban J connectivity index is 1.67. The van der Waals surface area contributed by atoms with Crippen LogP contribution in [0.15, 0.2) is 42.0 Å². The second kappa shape index (κ2) is 6.81. The number of pyridine rings is 1. The summed E-state index contributed by atoms with van der Waals surface area (Å²) in [5.41, 5.74) is 1.99. The molecule has 0 aliphatic carbocycles. The van der Waals surface area contributed by atoms with E-state index in [2.05, 4.69) is 15.3 Å². The number of thiazole rings is 1. The molecule has 1 N–H and O–H groups in total. The molecular formula is C16H15N3OS2. The molecule has 3 aromatic heterocycles. The van der Waals surface area contributed by atoms with Gasteiger partial charge in [0.15, 0.2) is 0 Å². The summed E-state index contributed by atoms with van der Waals surface area (Å²) in [4.78, 5) is 22.8. The monoisotopic (exact) mass is 329 g/mol. The van der Waals surface area contributed by atoms with E-state index in [4.69, 9.17) is 0 Å². The zero-order valence-electron chi connectivity index (χ0n) is 12.1. The van der Waals surface area contributed by atoms with Crippen molar-refractivity contribution in [3.8, 4) is 10.6 Å². The summed E-state index contributed by atoms with van der Waals surface area (Å²) in [6, 6.07) is 7.84. The Bertz CT molecular complexity index is 751. The molecule has 0 saturated heterocycles. The lowest BCUT2D eigenvalue weighted by atomic mass is 10.2. The molecule has 22 heavy (non-hydrogen) atoms. The van der Waals surface area contributed by atoms with Gasteiger partial charge in [-0.2, -0.15) is 0 Å². The lowest BCUT2D eigenvalue weighted by Gasteiger charge is -2.05. The molecule has 1 amide bonds. The van der Waals surface area contributed by atoms with Crippen molar-refractivity contribution in [3.05, 3.63) is 57.5 Å². The van der Waals surface area contributed by atoms with Gasteiger partial charge in [0.1, 0.15) is 0 Å². The topological polar surface area (TPSA) is 54.9 Å². The molecule has 6 heteroatoms. The fraction of sp³-hybridized carbons (Fsp3) is 0.188. The van der Waals surface area contributed by atoms with E-state index in [1.807, 2.05) is 36.6 Å². The average Bonchev–Trinajstić information content (AvgIpc) is 3.16. The van der Waals surface area contributed by atoms with Gasteiger partial charge < -0.3 is 5.32 Å². The highest BCUT2D eigenvalue weighted by Gasteiger charge is 2.15. The van der Waals surface area contributed by atoms with E-state index in [9.17, 15) is 4.79 Å². The predicted octanol–water partition coefficient (Wildman–Crippen LogP) is 3.43. The van der Waals surface area contributed by atoms with Crippen LogP contribution >= 0.6 is 22.7 Å². The molecule has 3 aromatic rings. The molecule has 0 spiro atoms. The van der Waals surface area contributed by atoms with Crippen LogP contribution in [-0.2, 0) is 17.8 Å². The third-order valence-corrected chi connectivity index (χ3v) is 4.97. The van der Waals surface area contributed by atoms with E-state index >= 15 is 0 Å². The van der Waals surface area contributed by atoms with Crippen LogP contribution in [0.3, 0.4) is 0 Å². The molecule has 3 rings (SSSR count). The van der Waals surface area contributed by atoms with Gasteiger partial charge in [-0.1, -0.05) is 6.07 Å². The highest BCUT2D eigenvalue weighted by atomic mass is 32.1. The molecule has 4 nitrogen and oxygen atoms in total. The Morgan fingerprint density at radius 3 is 2.82 bits per heavy atom. The number of aromatic nitrogens is 2. The number of nitrogens with one attached hydrogen (secondary N) is 1. The number of nitrogens with zero attached hydrogens (tertiary/aromatic N) is 2. The number of rotatable bonds is 5. The van der Waals surface area contributed by atoms with Gasteiger partial charge in [-0.25, -0.2) is 4.98 Å². The highest BCUT2D eigenvalue weighted by Crippen LogP contribution is 2.31. The Morgan fingerprint density at radius 2 is 2.09 bits per heavy atom. The van der Waals surface area contributed by atoms with Crippen LogP contribution in [0.1, 0.15) is 15.4 Å². The fourth-order valence-electron chi connectivity index (χ4n) is 2.10. The molecule has 0 aliphatic rings. The van der Waals surface area contributed by atoms with E-state index in [0.29, 0.717) is 13.0 Å². The number of thiophene rings is 1. The molecule has 112 valence electrons. The first-order chi connectivity index (χ1) is 10.7. The van der Waals surface area contributed by atoms with Crippen LogP contribution in [-0.4, -0.2) is 15.9 Å². The summed E-state index contributed by atoms with van der Waals surface area (Å²) in [7, 11) is 0. The number of hydrogen-bond donors (Lipinski definition) is 1. The third kappa shape index (κ3) is 3.58. The van der Waals surface area contributed by atoms with Crippen molar-refractivity contribution >= 4 is 28.6 Å². The number of carbonyl (C=O) groups is 1. The van der Waals surface area contributed by atoms with Crippen LogP contribution in [0.4, 0.5) is 0 Å². The molecule has 0 radical (unpaired) electrons. The van der Waals surface area contributed by atoms with E-state index in [1.165, 1.54) is 0 Å². The SMILES string of the molecule is Cc1nc(-c2cccs2)c(CC(=O)NCc2ccncc2)s1. The van der Waals surface area contributed by atoms with Crippen LogP contribution in [0, 0.1) is 6.92 Å². The first-order valence-electron chi connectivity index (χ1n) is 6.88. The lowest BCUT2D eigenvalue weighted by Crippen LogP contribution is -2.24. The van der Waals surface area contributed by atoms with E-state index in [0.717, 1.165) is 26.0 Å². The number of hydrogen-bond acceptors (Lipinski definition) is 5. The molecule has 0 aliphatic heterocycles. The molecule has 3 heterocycles. The van der Waals surface area contributed by atoms with Crippen molar-refractivity contribution in [1.29, 1.82) is 0 Å².